The molecule has 1 aliphatic rings. The number of nitrogens with one attached hydrogen (secondary N) is 1. The highest BCUT2D eigenvalue weighted by Crippen LogP contribution is 2.35. The van der Waals surface area contributed by atoms with Crippen molar-refractivity contribution in [3.63, 3.8) is 0 Å². The lowest BCUT2D eigenvalue weighted by molar-refractivity contribution is -0.274. The molecule has 1 fully saturated rings. The zero-order valence-corrected chi connectivity index (χ0v) is 20.9. The van der Waals surface area contributed by atoms with Gasteiger partial charge in [-0.3, -0.25) is 4.79 Å². The second kappa shape index (κ2) is 11.0. The minimum absolute atomic E-state index is 0.0382. The highest BCUT2D eigenvalue weighted by atomic mass is 19.4. The standard InChI is InChI=1S/C24H28F5N5O4/c1-14-12-32-19(33-18-10-16(6-9-31-18)37-24(27,28)29)11-17(14)20(35)34-13-23(25,26)8-5-15(34)4-7-22(2,3)38-21(30)36/h6,9-12,15H,4-5,7-8,13H2,1-3H3,(H2,30,36)(H,31,32,33)/t15-/m1/s1. The first-order valence-corrected chi connectivity index (χ1v) is 11.7. The highest BCUT2D eigenvalue weighted by Gasteiger charge is 2.43. The molecule has 0 saturated carbocycles. The quantitative estimate of drug-likeness (QED) is 0.431. The summed E-state index contributed by atoms with van der Waals surface area (Å²) in [5.41, 5.74) is 4.63. The number of alkyl halides is 5. The molecule has 1 atom stereocenters. The predicted molar refractivity (Wildman–Crippen MR) is 126 cm³/mol. The normalized spacial score (nSPS) is 17.6. The summed E-state index contributed by atoms with van der Waals surface area (Å²) in [5, 5.41) is 2.70. The lowest BCUT2D eigenvalue weighted by Crippen LogP contribution is -2.52. The summed E-state index contributed by atoms with van der Waals surface area (Å²) in [6.07, 6.45) is -3.23. The van der Waals surface area contributed by atoms with Gasteiger partial charge in [-0.1, -0.05) is 0 Å². The smallest absolute Gasteiger partial charge is 0.444 e. The number of rotatable bonds is 8. The van der Waals surface area contributed by atoms with Crippen LogP contribution in [0.3, 0.4) is 0 Å². The molecule has 2 amide bonds. The molecule has 0 spiro atoms. The van der Waals surface area contributed by atoms with Crippen molar-refractivity contribution in [2.75, 3.05) is 11.9 Å². The molecule has 38 heavy (non-hydrogen) atoms. The zero-order chi connectivity index (χ0) is 28.3. The number of nitrogens with two attached hydrogens (primary N) is 1. The third-order valence-corrected chi connectivity index (χ3v) is 5.96. The Labute approximate surface area is 215 Å². The third kappa shape index (κ3) is 8.15. The number of piperidine rings is 1. The minimum Gasteiger partial charge on any atom is -0.444 e. The summed E-state index contributed by atoms with van der Waals surface area (Å²) >= 11 is 0. The van der Waals surface area contributed by atoms with Gasteiger partial charge in [-0.15, -0.1) is 13.2 Å². The first kappa shape index (κ1) is 28.9. The number of carbonyl (C=O) groups is 2. The number of halogens is 5. The van der Waals surface area contributed by atoms with Crippen molar-refractivity contribution in [2.24, 2.45) is 5.73 Å². The van der Waals surface area contributed by atoms with Gasteiger partial charge in [-0.2, -0.15) is 0 Å². The van der Waals surface area contributed by atoms with E-state index >= 15 is 0 Å². The number of anilines is 2. The molecule has 0 unspecified atom stereocenters. The van der Waals surface area contributed by atoms with Gasteiger partial charge in [-0.05, 0) is 57.7 Å². The molecule has 0 aromatic carbocycles. The fourth-order valence-electron chi connectivity index (χ4n) is 4.15. The maximum atomic E-state index is 14.4. The van der Waals surface area contributed by atoms with Gasteiger partial charge in [-0.25, -0.2) is 23.5 Å². The number of amides is 2. The van der Waals surface area contributed by atoms with Crippen LogP contribution in [-0.2, 0) is 4.74 Å². The van der Waals surface area contributed by atoms with Gasteiger partial charge in [0.25, 0.3) is 11.8 Å². The molecule has 0 radical (unpaired) electrons. The van der Waals surface area contributed by atoms with Gasteiger partial charge in [0.1, 0.15) is 23.0 Å². The van der Waals surface area contributed by atoms with Crippen molar-refractivity contribution in [2.45, 2.75) is 70.4 Å². The summed E-state index contributed by atoms with van der Waals surface area (Å²) in [5.74, 6) is -4.24. The first-order chi connectivity index (χ1) is 17.5. The van der Waals surface area contributed by atoms with Crippen molar-refractivity contribution in [3.8, 4) is 5.75 Å². The minimum atomic E-state index is -4.89. The lowest BCUT2D eigenvalue weighted by atomic mass is 9.90. The van der Waals surface area contributed by atoms with Gasteiger partial charge >= 0.3 is 12.5 Å². The number of aromatic nitrogens is 2. The van der Waals surface area contributed by atoms with Crippen molar-refractivity contribution in [1.29, 1.82) is 0 Å². The Hall–Kier alpha value is -3.71. The molecular formula is C24H28F5N5O4. The summed E-state index contributed by atoms with van der Waals surface area (Å²) in [4.78, 5) is 33.8. The number of primary amides is 1. The van der Waals surface area contributed by atoms with E-state index in [1.54, 1.807) is 20.8 Å². The van der Waals surface area contributed by atoms with Gasteiger partial charge in [0.05, 0.1) is 6.54 Å². The van der Waals surface area contributed by atoms with Crippen molar-refractivity contribution in [3.05, 3.63) is 41.7 Å². The van der Waals surface area contributed by atoms with E-state index in [4.69, 9.17) is 10.5 Å². The average Bonchev–Trinajstić information content (AvgIpc) is 2.77. The van der Waals surface area contributed by atoms with Crippen LogP contribution in [0.15, 0.2) is 30.6 Å². The van der Waals surface area contributed by atoms with E-state index in [1.165, 1.54) is 12.3 Å². The van der Waals surface area contributed by atoms with E-state index in [0.29, 0.717) is 5.56 Å². The maximum absolute atomic E-state index is 14.4. The Morgan fingerprint density at radius 2 is 1.89 bits per heavy atom. The van der Waals surface area contributed by atoms with Gasteiger partial charge in [0.2, 0.25) is 0 Å². The van der Waals surface area contributed by atoms with Crippen molar-refractivity contribution < 1.29 is 41.0 Å². The summed E-state index contributed by atoms with van der Waals surface area (Å²) in [7, 11) is 0. The van der Waals surface area contributed by atoms with Crippen LogP contribution in [0.4, 0.5) is 38.4 Å². The molecule has 3 N–H and O–H groups in total. The number of aryl methyl sites for hydroxylation is 1. The van der Waals surface area contributed by atoms with E-state index in [1.807, 2.05) is 0 Å². The Bertz CT molecular complexity index is 1180. The van der Waals surface area contributed by atoms with E-state index < -0.39 is 54.6 Å². The number of hydrogen-bond donors (Lipinski definition) is 2. The van der Waals surface area contributed by atoms with E-state index in [0.717, 1.165) is 23.2 Å². The Kier molecular flexibility index (Phi) is 8.32. The van der Waals surface area contributed by atoms with Crippen LogP contribution in [0.1, 0.15) is 55.5 Å². The fourth-order valence-corrected chi connectivity index (χ4v) is 4.15. The molecule has 208 valence electrons. The number of pyridine rings is 2. The number of hydrogen-bond acceptors (Lipinski definition) is 7. The topological polar surface area (TPSA) is 120 Å². The molecule has 1 saturated heterocycles. The maximum Gasteiger partial charge on any atom is 0.573 e. The molecule has 9 nitrogen and oxygen atoms in total. The van der Waals surface area contributed by atoms with Crippen LogP contribution in [0, 0.1) is 6.92 Å². The summed E-state index contributed by atoms with van der Waals surface area (Å²) in [6, 6.07) is 2.77. The van der Waals surface area contributed by atoms with Gasteiger partial charge in [0, 0.05) is 36.5 Å². The van der Waals surface area contributed by atoms with E-state index in [9.17, 15) is 31.5 Å². The Balaban J connectivity index is 1.82. The van der Waals surface area contributed by atoms with Gasteiger partial charge in [0.15, 0.2) is 0 Å². The monoisotopic (exact) mass is 545 g/mol. The van der Waals surface area contributed by atoms with Crippen LogP contribution in [0.25, 0.3) is 0 Å². The SMILES string of the molecule is Cc1cnc(Nc2cc(OC(F)(F)F)ccn2)cc1C(=O)N1CC(F)(F)CC[C@H]1CCC(C)(C)OC(N)=O. The summed E-state index contributed by atoms with van der Waals surface area (Å²) in [6.45, 7) is 4.06. The van der Waals surface area contributed by atoms with Crippen LogP contribution in [0.5, 0.6) is 5.75 Å². The highest BCUT2D eigenvalue weighted by molar-refractivity contribution is 5.96. The lowest BCUT2D eigenvalue weighted by Gasteiger charge is -2.41. The van der Waals surface area contributed by atoms with E-state index in [-0.39, 0.29) is 36.5 Å². The molecular weight excluding hydrogens is 517 g/mol. The molecule has 3 rings (SSSR count). The number of nitrogens with zero attached hydrogens (tertiary/aromatic N) is 3. The number of ether oxygens (including phenoxy) is 2. The van der Waals surface area contributed by atoms with Crippen molar-refractivity contribution >= 4 is 23.6 Å². The molecule has 1 aliphatic heterocycles. The van der Waals surface area contributed by atoms with Crippen LogP contribution in [0.2, 0.25) is 0 Å². The zero-order valence-electron chi connectivity index (χ0n) is 20.9. The molecule has 2 aromatic heterocycles. The fraction of sp³-hybridized carbons (Fsp3) is 0.500. The molecule has 0 aliphatic carbocycles. The van der Waals surface area contributed by atoms with Gasteiger partial charge < -0.3 is 25.4 Å². The largest absolute Gasteiger partial charge is 0.573 e. The number of likely N-dealkylation sites (tertiary alicyclic amines) is 1. The third-order valence-electron chi connectivity index (χ3n) is 5.96. The Morgan fingerprint density at radius 3 is 2.55 bits per heavy atom. The molecule has 14 heteroatoms. The van der Waals surface area contributed by atoms with Crippen molar-refractivity contribution in [1.82, 2.24) is 14.9 Å². The molecule has 0 bridgehead atoms. The first-order valence-electron chi connectivity index (χ1n) is 11.7. The summed E-state index contributed by atoms with van der Waals surface area (Å²) < 4.78 is 75.3. The van der Waals surface area contributed by atoms with Crippen LogP contribution < -0.4 is 15.8 Å². The molecule has 2 aromatic rings. The second-order valence-corrected chi connectivity index (χ2v) is 9.64. The van der Waals surface area contributed by atoms with Crippen LogP contribution in [-0.4, -0.2) is 57.3 Å². The average molecular weight is 546 g/mol. The molecule has 3 heterocycles. The Morgan fingerprint density at radius 1 is 1.21 bits per heavy atom. The predicted octanol–water partition coefficient (Wildman–Crippen LogP) is 5.32. The number of carbonyl (C=O) groups excluding carboxylic acids is 2. The van der Waals surface area contributed by atoms with E-state index in [2.05, 4.69) is 20.0 Å². The van der Waals surface area contributed by atoms with Crippen LogP contribution >= 0.6 is 0 Å². The second-order valence-electron chi connectivity index (χ2n) is 9.64.